The Bertz CT molecular complexity index is 375. The van der Waals surface area contributed by atoms with Crippen LogP contribution in [0, 0.1) is 0 Å². The maximum Gasteiger partial charge on any atom is 0.119 e. The zero-order chi connectivity index (χ0) is 12.8. The van der Waals surface area contributed by atoms with Gasteiger partial charge in [-0.25, -0.2) is 0 Å². The number of aromatic hydroxyl groups is 1. The van der Waals surface area contributed by atoms with Crippen LogP contribution >= 0.6 is 0 Å². The molecule has 0 spiro atoms. The van der Waals surface area contributed by atoms with Gasteiger partial charge in [0.15, 0.2) is 0 Å². The maximum absolute atomic E-state index is 9.78. The highest BCUT2D eigenvalue weighted by Crippen LogP contribution is 2.24. The molecule has 0 radical (unpaired) electrons. The van der Waals surface area contributed by atoms with E-state index in [2.05, 4.69) is 4.90 Å². The molecule has 1 N–H and O–H groups in total. The van der Waals surface area contributed by atoms with Gasteiger partial charge in [-0.2, -0.15) is 0 Å². The fourth-order valence-electron chi connectivity index (χ4n) is 2.21. The van der Waals surface area contributed by atoms with Crippen molar-refractivity contribution in [3.8, 4) is 11.5 Å². The third kappa shape index (κ3) is 3.62. The van der Waals surface area contributed by atoms with Crippen LogP contribution in [0.5, 0.6) is 11.5 Å². The lowest BCUT2D eigenvalue weighted by molar-refractivity contribution is 0.0374. The van der Waals surface area contributed by atoms with Crippen molar-refractivity contribution in [1.29, 1.82) is 0 Å². The van der Waals surface area contributed by atoms with E-state index in [-0.39, 0.29) is 0 Å². The Morgan fingerprint density at radius 1 is 1.33 bits per heavy atom. The first-order valence-corrected chi connectivity index (χ1v) is 6.45. The number of ether oxygens (including phenoxy) is 2. The van der Waals surface area contributed by atoms with Crippen molar-refractivity contribution < 1.29 is 14.6 Å². The van der Waals surface area contributed by atoms with E-state index in [1.807, 2.05) is 6.07 Å². The second kappa shape index (κ2) is 6.61. The smallest absolute Gasteiger partial charge is 0.119 e. The van der Waals surface area contributed by atoms with E-state index >= 15 is 0 Å². The number of hydrogen-bond donors (Lipinski definition) is 1. The molecule has 18 heavy (non-hydrogen) atoms. The van der Waals surface area contributed by atoms with Gasteiger partial charge in [0.05, 0.1) is 20.3 Å². The SMILES string of the molecule is COc1ccc(O)c(CCCN2CCOCC2)c1. The van der Waals surface area contributed by atoms with Crippen LogP contribution in [0.4, 0.5) is 0 Å². The highest BCUT2D eigenvalue weighted by Gasteiger charge is 2.10. The Morgan fingerprint density at radius 3 is 2.83 bits per heavy atom. The monoisotopic (exact) mass is 251 g/mol. The molecule has 1 aromatic carbocycles. The Labute approximate surface area is 108 Å². The lowest BCUT2D eigenvalue weighted by atomic mass is 10.1. The zero-order valence-electron chi connectivity index (χ0n) is 10.9. The largest absolute Gasteiger partial charge is 0.508 e. The Kier molecular flexibility index (Phi) is 4.84. The Morgan fingerprint density at radius 2 is 2.11 bits per heavy atom. The van der Waals surface area contributed by atoms with E-state index in [9.17, 15) is 5.11 Å². The summed E-state index contributed by atoms with van der Waals surface area (Å²) in [6.45, 7) is 4.77. The van der Waals surface area contributed by atoms with Crippen LogP contribution in [-0.4, -0.2) is 50.0 Å². The molecule has 0 bridgehead atoms. The van der Waals surface area contributed by atoms with Crippen molar-refractivity contribution in [2.45, 2.75) is 12.8 Å². The molecule has 4 heteroatoms. The summed E-state index contributed by atoms with van der Waals surface area (Å²) in [6.07, 6.45) is 1.92. The van der Waals surface area contributed by atoms with Crippen LogP contribution < -0.4 is 4.74 Å². The standard InChI is InChI=1S/C14H21NO3/c1-17-13-4-5-14(16)12(11-13)3-2-6-15-7-9-18-10-8-15/h4-5,11,16H,2-3,6-10H2,1H3. The molecule has 0 saturated carbocycles. The maximum atomic E-state index is 9.78. The molecule has 0 unspecified atom stereocenters. The summed E-state index contributed by atoms with van der Waals surface area (Å²) in [5.74, 6) is 1.16. The molecule has 1 heterocycles. The molecule has 0 atom stereocenters. The fraction of sp³-hybridized carbons (Fsp3) is 0.571. The molecule has 1 aromatic rings. The van der Waals surface area contributed by atoms with Crippen LogP contribution in [0.2, 0.25) is 0 Å². The predicted molar refractivity (Wildman–Crippen MR) is 70.2 cm³/mol. The number of nitrogens with zero attached hydrogens (tertiary/aromatic N) is 1. The van der Waals surface area contributed by atoms with Crippen molar-refractivity contribution in [2.24, 2.45) is 0 Å². The van der Waals surface area contributed by atoms with Gasteiger partial charge in [0.1, 0.15) is 11.5 Å². The van der Waals surface area contributed by atoms with E-state index in [0.29, 0.717) is 5.75 Å². The number of methoxy groups -OCH3 is 1. The summed E-state index contributed by atoms with van der Waals surface area (Å²) in [5, 5.41) is 9.78. The van der Waals surface area contributed by atoms with Gasteiger partial charge in [0.2, 0.25) is 0 Å². The van der Waals surface area contributed by atoms with Crippen molar-refractivity contribution >= 4 is 0 Å². The second-order valence-corrected chi connectivity index (χ2v) is 4.55. The van der Waals surface area contributed by atoms with E-state index in [0.717, 1.165) is 57.0 Å². The van der Waals surface area contributed by atoms with Gasteiger partial charge in [-0.1, -0.05) is 0 Å². The van der Waals surface area contributed by atoms with E-state index in [1.54, 1.807) is 19.2 Å². The highest BCUT2D eigenvalue weighted by molar-refractivity contribution is 5.39. The minimum Gasteiger partial charge on any atom is -0.508 e. The lowest BCUT2D eigenvalue weighted by Gasteiger charge is -2.26. The molecular weight excluding hydrogens is 230 g/mol. The summed E-state index contributed by atoms with van der Waals surface area (Å²) in [7, 11) is 1.64. The van der Waals surface area contributed by atoms with E-state index in [4.69, 9.17) is 9.47 Å². The van der Waals surface area contributed by atoms with E-state index in [1.165, 1.54) is 0 Å². The Balaban J connectivity index is 1.81. The van der Waals surface area contributed by atoms with Crippen molar-refractivity contribution in [3.05, 3.63) is 23.8 Å². The van der Waals surface area contributed by atoms with Crippen LogP contribution in [0.3, 0.4) is 0 Å². The molecule has 0 aromatic heterocycles. The van der Waals surface area contributed by atoms with Gasteiger partial charge in [0.25, 0.3) is 0 Å². The minimum atomic E-state index is 0.359. The third-order valence-corrected chi connectivity index (χ3v) is 3.31. The first-order valence-electron chi connectivity index (χ1n) is 6.45. The predicted octanol–water partition coefficient (Wildman–Crippen LogP) is 1.67. The van der Waals surface area contributed by atoms with Gasteiger partial charge >= 0.3 is 0 Å². The average Bonchev–Trinajstić information content (AvgIpc) is 2.42. The lowest BCUT2D eigenvalue weighted by Crippen LogP contribution is -2.36. The third-order valence-electron chi connectivity index (χ3n) is 3.31. The van der Waals surface area contributed by atoms with Gasteiger partial charge < -0.3 is 14.6 Å². The Hall–Kier alpha value is -1.26. The van der Waals surface area contributed by atoms with Gasteiger partial charge in [0, 0.05) is 13.1 Å². The number of phenols is 1. The first kappa shape index (κ1) is 13.2. The van der Waals surface area contributed by atoms with Crippen LogP contribution in [0.25, 0.3) is 0 Å². The average molecular weight is 251 g/mol. The number of morpholine rings is 1. The summed E-state index contributed by atoms with van der Waals surface area (Å²) in [4.78, 5) is 2.40. The summed E-state index contributed by atoms with van der Waals surface area (Å²) < 4.78 is 10.5. The number of benzene rings is 1. The number of phenolic OH excluding ortho intramolecular Hbond substituents is 1. The first-order chi connectivity index (χ1) is 8.79. The normalized spacial score (nSPS) is 16.7. The van der Waals surface area contributed by atoms with Gasteiger partial charge in [-0.15, -0.1) is 0 Å². The van der Waals surface area contributed by atoms with Crippen molar-refractivity contribution in [1.82, 2.24) is 4.90 Å². The van der Waals surface area contributed by atoms with E-state index < -0.39 is 0 Å². The quantitative estimate of drug-likeness (QED) is 0.864. The minimum absolute atomic E-state index is 0.359. The van der Waals surface area contributed by atoms with Crippen LogP contribution in [0.1, 0.15) is 12.0 Å². The summed E-state index contributed by atoms with van der Waals surface area (Å²) in [6, 6.07) is 5.39. The molecule has 2 rings (SSSR count). The molecule has 1 saturated heterocycles. The molecule has 1 aliphatic rings. The van der Waals surface area contributed by atoms with Gasteiger partial charge in [-0.3, -0.25) is 4.90 Å². The number of rotatable bonds is 5. The fourth-order valence-corrected chi connectivity index (χ4v) is 2.21. The van der Waals surface area contributed by atoms with Crippen molar-refractivity contribution in [3.63, 3.8) is 0 Å². The molecule has 100 valence electrons. The molecule has 0 aliphatic carbocycles. The molecule has 0 amide bonds. The molecule has 4 nitrogen and oxygen atoms in total. The molecule has 1 fully saturated rings. The second-order valence-electron chi connectivity index (χ2n) is 4.55. The zero-order valence-corrected chi connectivity index (χ0v) is 10.9. The summed E-state index contributed by atoms with van der Waals surface area (Å²) in [5.41, 5.74) is 0.961. The number of aryl methyl sites for hydroxylation is 1. The molecular formula is C14H21NO3. The topological polar surface area (TPSA) is 41.9 Å². The van der Waals surface area contributed by atoms with Crippen LogP contribution in [0.15, 0.2) is 18.2 Å². The van der Waals surface area contributed by atoms with Gasteiger partial charge in [-0.05, 0) is 43.1 Å². The number of hydrogen-bond acceptors (Lipinski definition) is 4. The molecule has 1 aliphatic heterocycles. The highest BCUT2D eigenvalue weighted by atomic mass is 16.5. The van der Waals surface area contributed by atoms with Crippen LogP contribution in [-0.2, 0) is 11.2 Å². The van der Waals surface area contributed by atoms with Crippen molar-refractivity contribution in [2.75, 3.05) is 40.0 Å². The summed E-state index contributed by atoms with van der Waals surface area (Å²) >= 11 is 0.